The highest BCUT2D eigenvalue weighted by Gasteiger charge is 2.12. The zero-order chi connectivity index (χ0) is 13.8. The molecular weight excluding hydrogens is 240 g/mol. The summed E-state index contributed by atoms with van der Waals surface area (Å²) in [5.41, 5.74) is 2.77. The number of methoxy groups -OCH3 is 1. The van der Waals surface area contributed by atoms with Gasteiger partial charge in [-0.25, -0.2) is 0 Å². The van der Waals surface area contributed by atoms with Gasteiger partial charge >= 0.3 is 0 Å². The van der Waals surface area contributed by atoms with Crippen molar-refractivity contribution in [2.45, 2.75) is 19.8 Å². The van der Waals surface area contributed by atoms with Crippen LogP contribution in [0, 0.1) is 6.92 Å². The lowest BCUT2D eigenvalue weighted by Gasteiger charge is -2.03. The first-order valence-electron chi connectivity index (χ1n) is 6.26. The average Bonchev–Trinajstić information content (AvgIpc) is 2.77. The maximum Gasteiger partial charge on any atom is 0.166 e. The summed E-state index contributed by atoms with van der Waals surface area (Å²) in [4.78, 5) is 12.1. The first-order chi connectivity index (χ1) is 9.11. The van der Waals surface area contributed by atoms with E-state index in [2.05, 4.69) is 5.10 Å². The van der Waals surface area contributed by atoms with Gasteiger partial charge in [-0.2, -0.15) is 5.10 Å². The van der Waals surface area contributed by atoms with E-state index in [1.54, 1.807) is 18.0 Å². The van der Waals surface area contributed by atoms with E-state index in [1.807, 2.05) is 38.2 Å². The molecular formula is C15H18N2O2. The summed E-state index contributed by atoms with van der Waals surface area (Å²) in [6.45, 7) is 1.91. The van der Waals surface area contributed by atoms with Gasteiger partial charge in [0.2, 0.25) is 0 Å². The minimum Gasteiger partial charge on any atom is -0.497 e. The van der Waals surface area contributed by atoms with Gasteiger partial charge in [0, 0.05) is 19.2 Å². The fraction of sp³-hybridized carbons (Fsp3) is 0.333. The van der Waals surface area contributed by atoms with Crippen molar-refractivity contribution >= 4 is 5.78 Å². The van der Waals surface area contributed by atoms with Crippen molar-refractivity contribution in [2.75, 3.05) is 7.11 Å². The number of hydrogen-bond donors (Lipinski definition) is 0. The van der Waals surface area contributed by atoms with Crippen molar-refractivity contribution < 1.29 is 9.53 Å². The normalized spacial score (nSPS) is 10.5. The van der Waals surface area contributed by atoms with Gasteiger partial charge in [0.15, 0.2) is 5.78 Å². The smallest absolute Gasteiger partial charge is 0.166 e. The Morgan fingerprint density at radius 1 is 1.32 bits per heavy atom. The Kier molecular flexibility index (Phi) is 4.00. The average molecular weight is 258 g/mol. The summed E-state index contributed by atoms with van der Waals surface area (Å²) in [7, 11) is 3.49. The third-order valence-corrected chi connectivity index (χ3v) is 3.34. The molecule has 0 N–H and O–H groups in total. The van der Waals surface area contributed by atoms with Crippen molar-refractivity contribution in [3.8, 4) is 5.75 Å². The molecule has 1 aromatic carbocycles. The minimum absolute atomic E-state index is 0.140. The molecule has 19 heavy (non-hydrogen) atoms. The number of aryl methyl sites for hydroxylation is 2. The van der Waals surface area contributed by atoms with Gasteiger partial charge in [0.05, 0.1) is 18.9 Å². The number of hydrogen-bond acceptors (Lipinski definition) is 3. The molecule has 0 bridgehead atoms. The third-order valence-electron chi connectivity index (χ3n) is 3.34. The largest absolute Gasteiger partial charge is 0.497 e. The zero-order valence-electron chi connectivity index (χ0n) is 11.5. The second kappa shape index (κ2) is 5.69. The Bertz CT molecular complexity index is 570. The molecule has 0 unspecified atom stereocenters. The Labute approximate surface area is 113 Å². The summed E-state index contributed by atoms with van der Waals surface area (Å²) in [5.74, 6) is 0.972. The van der Waals surface area contributed by atoms with Crippen molar-refractivity contribution in [1.29, 1.82) is 0 Å². The van der Waals surface area contributed by atoms with Crippen LogP contribution in [0.3, 0.4) is 0 Å². The van der Waals surface area contributed by atoms with Crippen LogP contribution in [0.2, 0.25) is 0 Å². The molecule has 2 rings (SSSR count). The lowest BCUT2D eigenvalue weighted by atomic mass is 10.0. The summed E-state index contributed by atoms with van der Waals surface area (Å²) in [6, 6.07) is 7.80. The third kappa shape index (κ3) is 3.02. The van der Waals surface area contributed by atoms with Gasteiger partial charge in [-0.1, -0.05) is 12.1 Å². The summed E-state index contributed by atoms with van der Waals surface area (Å²) in [6.07, 6.45) is 2.88. The van der Waals surface area contributed by atoms with Gasteiger partial charge < -0.3 is 4.74 Å². The summed E-state index contributed by atoms with van der Waals surface area (Å²) in [5, 5.41) is 4.09. The molecule has 1 aromatic heterocycles. The second-order valence-corrected chi connectivity index (χ2v) is 4.54. The quantitative estimate of drug-likeness (QED) is 0.774. The lowest BCUT2D eigenvalue weighted by Crippen LogP contribution is -2.03. The molecule has 0 aliphatic carbocycles. The van der Waals surface area contributed by atoms with Gasteiger partial charge in [0.1, 0.15) is 5.75 Å². The van der Waals surface area contributed by atoms with Crippen LogP contribution in [0.4, 0.5) is 0 Å². The fourth-order valence-electron chi connectivity index (χ4n) is 1.96. The molecule has 2 aromatic rings. The van der Waals surface area contributed by atoms with Crippen molar-refractivity contribution in [1.82, 2.24) is 9.78 Å². The minimum atomic E-state index is 0.140. The fourth-order valence-corrected chi connectivity index (χ4v) is 1.96. The lowest BCUT2D eigenvalue weighted by molar-refractivity contribution is 0.0982. The molecule has 0 aliphatic rings. The van der Waals surface area contributed by atoms with Gasteiger partial charge in [-0.05, 0) is 31.0 Å². The van der Waals surface area contributed by atoms with Crippen molar-refractivity contribution in [3.05, 3.63) is 47.3 Å². The highest BCUT2D eigenvalue weighted by molar-refractivity contribution is 5.96. The molecule has 0 amide bonds. The summed E-state index contributed by atoms with van der Waals surface area (Å²) < 4.78 is 6.83. The van der Waals surface area contributed by atoms with E-state index in [9.17, 15) is 4.79 Å². The number of aromatic nitrogens is 2. The maximum atomic E-state index is 12.1. The first-order valence-corrected chi connectivity index (χ1v) is 6.26. The highest BCUT2D eigenvalue weighted by atomic mass is 16.5. The number of ketones is 1. The Hall–Kier alpha value is -2.10. The van der Waals surface area contributed by atoms with Crippen LogP contribution in [0.5, 0.6) is 5.75 Å². The first kappa shape index (κ1) is 13.3. The second-order valence-electron chi connectivity index (χ2n) is 4.54. The Balaban J connectivity index is 1.98. The molecule has 0 aliphatic heterocycles. The predicted molar refractivity (Wildman–Crippen MR) is 73.6 cm³/mol. The number of ether oxygens (including phenoxy) is 1. The van der Waals surface area contributed by atoms with E-state index >= 15 is 0 Å². The number of carbonyl (C=O) groups is 1. The maximum absolute atomic E-state index is 12.1. The zero-order valence-corrected chi connectivity index (χ0v) is 11.5. The molecule has 0 atom stereocenters. The highest BCUT2D eigenvalue weighted by Crippen LogP contribution is 2.15. The molecule has 0 saturated carbocycles. The van der Waals surface area contributed by atoms with E-state index in [0.717, 1.165) is 29.0 Å². The molecule has 0 spiro atoms. The molecule has 0 saturated heterocycles. The molecule has 4 nitrogen and oxygen atoms in total. The van der Waals surface area contributed by atoms with Crippen LogP contribution in [0.1, 0.15) is 28.0 Å². The monoisotopic (exact) mass is 258 g/mol. The van der Waals surface area contributed by atoms with E-state index in [1.165, 1.54) is 0 Å². The van der Waals surface area contributed by atoms with Gasteiger partial charge in [0.25, 0.3) is 0 Å². The molecule has 4 heteroatoms. The van der Waals surface area contributed by atoms with Gasteiger partial charge in [-0.3, -0.25) is 9.48 Å². The van der Waals surface area contributed by atoms with Crippen LogP contribution in [-0.4, -0.2) is 22.7 Å². The number of Topliss-reactive ketones (excluding diaryl/α,β-unsaturated/α-hetero) is 1. The summed E-state index contributed by atoms with van der Waals surface area (Å²) >= 11 is 0. The number of benzene rings is 1. The van der Waals surface area contributed by atoms with Gasteiger partial charge in [-0.15, -0.1) is 0 Å². The predicted octanol–water partition coefficient (Wildman–Crippen LogP) is 2.55. The van der Waals surface area contributed by atoms with Crippen LogP contribution in [0.15, 0.2) is 30.5 Å². The van der Waals surface area contributed by atoms with Crippen LogP contribution >= 0.6 is 0 Å². The van der Waals surface area contributed by atoms with E-state index < -0.39 is 0 Å². The van der Waals surface area contributed by atoms with E-state index in [-0.39, 0.29) is 5.78 Å². The van der Waals surface area contributed by atoms with Crippen LogP contribution < -0.4 is 4.74 Å². The van der Waals surface area contributed by atoms with E-state index in [0.29, 0.717) is 6.42 Å². The molecule has 100 valence electrons. The van der Waals surface area contributed by atoms with Crippen molar-refractivity contribution in [3.63, 3.8) is 0 Å². The Morgan fingerprint density at radius 3 is 2.53 bits per heavy atom. The number of rotatable bonds is 5. The number of nitrogens with zero attached hydrogens (tertiary/aromatic N) is 2. The molecule has 0 fully saturated rings. The van der Waals surface area contributed by atoms with E-state index in [4.69, 9.17) is 4.74 Å². The number of carbonyl (C=O) groups excluding carboxylic acids is 1. The van der Waals surface area contributed by atoms with Crippen LogP contribution in [-0.2, 0) is 13.5 Å². The molecule has 0 radical (unpaired) electrons. The standard InChI is InChI=1S/C15H18N2O2/c1-11-14(10-16-17(11)2)15(18)9-6-12-4-7-13(19-3)8-5-12/h4-5,7-8,10H,6,9H2,1-3H3. The van der Waals surface area contributed by atoms with Crippen LogP contribution in [0.25, 0.3) is 0 Å². The Morgan fingerprint density at radius 2 is 2.00 bits per heavy atom. The topological polar surface area (TPSA) is 44.1 Å². The van der Waals surface area contributed by atoms with Crippen molar-refractivity contribution in [2.24, 2.45) is 7.05 Å². The SMILES string of the molecule is COc1ccc(CCC(=O)c2cnn(C)c2C)cc1. The molecule has 1 heterocycles.